The van der Waals surface area contributed by atoms with Crippen LogP contribution in [-0.4, -0.2) is 87.5 Å². The molecule has 9 nitrogen and oxygen atoms in total. The van der Waals surface area contributed by atoms with Crippen molar-refractivity contribution in [3.63, 3.8) is 0 Å². The fourth-order valence-electron chi connectivity index (χ4n) is 11.2. The van der Waals surface area contributed by atoms with Crippen LogP contribution in [0.25, 0.3) is 0 Å². The molecular formula is C73H135NO8. The number of aliphatic hydroxyl groups is 5. The van der Waals surface area contributed by atoms with E-state index in [4.69, 9.17) is 9.47 Å². The molecule has 1 amide bonds. The number of hydrogen-bond donors (Lipinski definition) is 6. The first kappa shape index (κ1) is 77.9. The molecule has 0 aromatic rings. The number of ether oxygens (including phenoxy) is 2. The Morgan fingerprint density at radius 2 is 0.732 bits per heavy atom. The predicted molar refractivity (Wildman–Crippen MR) is 350 cm³/mol. The van der Waals surface area contributed by atoms with Crippen LogP contribution in [0.2, 0.25) is 0 Å². The van der Waals surface area contributed by atoms with E-state index in [1.807, 2.05) is 6.08 Å². The maximum absolute atomic E-state index is 13.1. The molecule has 0 aromatic carbocycles. The Morgan fingerprint density at radius 3 is 1.10 bits per heavy atom. The molecule has 0 aromatic heterocycles. The molecule has 1 saturated heterocycles. The lowest BCUT2D eigenvalue weighted by molar-refractivity contribution is -0.302. The lowest BCUT2D eigenvalue weighted by atomic mass is 9.99. The van der Waals surface area contributed by atoms with Crippen molar-refractivity contribution in [1.82, 2.24) is 5.32 Å². The molecule has 1 heterocycles. The van der Waals surface area contributed by atoms with Crippen LogP contribution < -0.4 is 5.32 Å². The number of aliphatic hydroxyl groups excluding tert-OH is 5. The molecule has 1 fully saturated rings. The predicted octanol–water partition coefficient (Wildman–Crippen LogP) is 19.4. The van der Waals surface area contributed by atoms with Crippen LogP contribution >= 0.6 is 0 Å². The van der Waals surface area contributed by atoms with Crippen molar-refractivity contribution in [3.8, 4) is 0 Å². The van der Waals surface area contributed by atoms with Gasteiger partial charge in [-0.05, 0) is 77.0 Å². The molecule has 480 valence electrons. The molecule has 6 N–H and O–H groups in total. The van der Waals surface area contributed by atoms with Crippen molar-refractivity contribution >= 4 is 5.91 Å². The van der Waals surface area contributed by atoms with E-state index < -0.39 is 49.5 Å². The molecule has 7 atom stereocenters. The number of amides is 1. The highest BCUT2D eigenvalue weighted by molar-refractivity contribution is 5.76. The minimum Gasteiger partial charge on any atom is -0.394 e. The van der Waals surface area contributed by atoms with Gasteiger partial charge >= 0.3 is 0 Å². The van der Waals surface area contributed by atoms with Crippen LogP contribution in [0.5, 0.6) is 0 Å². The van der Waals surface area contributed by atoms with E-state index in [0.29, 0.717) is 6.42 Å². The molecule has 7 unspecified atom stereocenters. The van der Waals surface area contributed by atoms with E-state index >= 15 is 0 Å². The number of carbonyl (C=O) groups is 1. The maximum Gasteiger partial charge on any atom is 0.220 e. The number of carbonyl (C=O) groups excluding carboxylic acids is 1. The van der Waals surface area contributed by atoms with Crippen LogP contribution in [0.4, 0.5) is 0 Å². The summed E-state index contributed by atoms with van der Waals surface area (Å²) in [6, 6.07) is -0.829. The van der Waals surface area contributed by atoms with Gasteiger partial charge in [0.25, 0.3) is 0 Å². The summed E-state index contributed by atoms with van der Waals surface area (Å²) in [6.07, 6.45) is 79.2. The number of allylic oxidation sites excluding steroid dienone is 9. The van der Waals surface area contributed by atoms with Gasteiger partial charge in [-0.2, -0.15) is 0 Å². The molecule has 1 rings (SSSR count). The Balaban J connectivity index is 2.05. The van der Waals surface area contributed by atoms with Crippen molar-refractivity contribution in [2.75, 3.05) is 13.2 Å². The topological polar surface area (TPSA) is 149 Å². The number of unbranched alkanes of at least 4 members (excludes halogenated alkanes) is 44. The van der Waals surface area contributed by atoms with E-state index in [1.54, 1.807) is 6.08 Å². The second-order valence-electron chi connectivity index (χ2n) is 24.7. The van der Waals surface area contributed by atoms with Crippen LogP contribution in [-0.2, 0) is 14.3 Å². The zero-order valence-corrected chi connectivity index (χ0v) is 53.8. The largest absolute Gasteiger partial charge is 0.394 e. The van der Waals surface area contributed by atoms with Crippen molar-refractivity contribution in [2.45, 2.75) is 384 Å². The van der Waals surface area contributed by atoms with Crippen LogP contribution in [0, 0.1) is 0 Å². The first-order valence-electron chi connectivity index (χ1n) is 35.5. The molecule has 0 spiro atoms. The molecule has 0 saturated carbocycles. The van der Waals surface area contributed by atoms with Crippen LogP contribution in [0.15, 0.2) is 60.8 Å². The maximum atomic E-state index is 13.1. The highest BCUT2D eigenvalue weighted by Crippen LogP contribution is 2.23. The van der Waals surface area contributed by atoms with Gasteiger partial charge in [-0.3, -0.25) is 4.79 Å². The standard InChI is InChI=1S/C73H135NO8/c1-3-5-7-9-11-13-15-17-19-21-23-24-25-26-27-28-29-30-31-32-33-34-35-36-37-38-39-40-41-42-43-44-45-47-49-51-53-55-57-59-61-63-69(77)74-66(65-81-73-72(80)71(79)70(78)68(64-75)82-73)67(76)62-60-58-56-54-52-50-48-46-22-20-18-16-14-12-10-8-6-4-2/h15,17,21-23,46,52,54,60,62,66-68,70-73,75-76,78-80H,3-14,16,18-20,24-45,47-51,53,55-59,61,63-65H2,1-2H3,(H,74,77)/b17-15-,23-21-,46-22+,54-52+,62-60+. The second-order valence-corrected chi connectivity index (χ2v) is 24.7. The summed E-state index contributed by atoms with van der Waals surface area (Å²) in [5, 5.41) is 54.6. The molecule has 1 aliphatic rings. The normalized spacial score (nSPS) is 18.6. The quantitative estimate of drug-likeness (QED) is 0.0261. The smallest absolute Gasteiger partial charge is 0.220 e. The molecule has 0 bridgehead atoms. The molecular weight excluding hydrogens is 1020 g/mol. The van der Waals surface area contributed by atoms with Crippen LogP contribution in [0.1, 0.15) is 341 Å². The summed E-state index contributed by atoms with van der Waals surface area (Å²) in [7, 11) is 0. The summed E-state index contributed by atoms with van der Waals surface area (Å²) in [4.78, 5) is 13.1. The van der Waals surface area contributed by atoms with E-state index in [2.05, 4.69) is 67.8 Å². The van der Waals surface area contributed by atoms with Crippen molar-refractivity contribution in [3.05, 3.63) is 60.8 Å². The Labute approximate surface area is 506 Å². The third-order valence-corrected chi connectivity index (χ3v) is 16.8. The first-order chi connectivity index (χ1) is 40.3. The zero-order valence-electron chi connectivity index (χ0n) is 53.8. The number of rotatable bonds is 62. The monoisotopic (exact) mass is 1150 g/mol. The fourth-order valence-corrected chi connectivity index (χ4v) is 11.2. The second kappa shape index (κ2) is 62.0. The minimum absolute atomic E-state index is 0.186. The Bertz CT molecular complexity index is 1480. The zero-order chi connectivity index (χ0) is 59.3. The lowest BCUT2D eigenvalue weighted by Crippen LogP contribution is -2.60. The third-order valence-electron chi connectivity index (χ3n) is 16.8. The summed E-state index contributed by atoms with van der Waals surface area (Å²) in [5.41, 5.74) is 0. The molecule has 0 radical (unpaired) electrons. The van der Waals surface area contributed by atoms with E-state index in [9.17, 15) is 30.3 Å². The number of nitrogens with one attached hydrogen (secondary N) is 1. The molecule has 0 aliphatic carbocycles. The minimum atomic E-state index is -1.58. The highest BCUT2D eigenvalue weighted by Gasteiger charge is 2.44. The van der Waals surface area contributed by atoms with Gasteiger partial charge in [-0.1, -0.05) is 319 Å². The van der Waals surface area contributed by atoms with Gasteiger partial charge in [-0.25, -0.2) is 0 Å². The van der Waals surface area contributed by atoms with Gasteiger partial charge in [0, 0.05) is 6.42 Å². The lowest BCUT2D eigenvalue weighted by Gasteiger charge is -2.40. The van der Waals surface area contributed by atoms with Crippen LogP contribution in [0.3, 0.4) is 0 Å². The average molecular weight is 1150 g/mol. The SMILES string of the molecule is CCCCCCC/C=C\C/C=C\CCCCCCCCCCCCCCCCCCCCCCCCCCCCCCCC(=O)NC(COC1OC(CO)C(O)C(O)C1O)C(O)/C=C/CC/C=C/CC/C=C/CCCCCCCCCC. The van der Waals surface area contributed by atoms with Gasteiger partial charge in [0.2, 0.25) is 5.91 Å². The van der Waals surface area contributed by atoms with E-state index in [0.717, 1.165) is 51.4 Å². The summed E-state index contributed by atoms with van der Waals surface area (Å²) >= 11 is 0. The van der Waals surface area contributed by atoms with E-state index in [1.165, 1.54) is 270 Å². The summed E-state index contributed by atoms with van der Waals surface area (Å²) in [5.74, 6) is -0.186. The molecule has 82 heavy (non-hydrogen) atoms. The first-order valence-corrected chi connectivity index (χ1v) is 35.5. The Kier molecular flexibility index (Phi) is 58.9. The van der Waals surface area contributed by atoms with Gasteiger partial charge < -0.3 is 40.3 Å². The van der Waals surface area contributed by atoms with Gasteiger partial charge in [0.05, 0.1) is 25.4 Å². The van der Waals surface area contributed by atoms with E-state index in [-0.39, 0.29) is 12.5 Å². The Hall–Kier alpha value is -2.11. The summed E-state index contributed by atoms with van der Waals surface area (Å²) < 4.78 is 11.3. The van der Waals surface area contributed by atoms with Gasteiger partial charge in [-0.15, -0.1) is 0 Å². The molecule has 1 aliphatic heterocycles. The fraction of sp³-hybridized carbons (Fsp3) is 0.849. The van der Waals surface area contributed by atoms with Crippen molar-refractivity contribution in [1.29, 1.82) is 0 Å². The average Bonchev–Trinajstić information content (AvgIpc) is 3.57. The van der Waals surface area contributed by atoms with Crippen molar-refractivity contribution in [2.24, 2.45) is 0 Å². The Morgan fingerprint density at radius 1 is 0.415 bits per heavy atom. The highest BCUT2D eigenvalue weighted by atomic mass is 16.7. The third kappa shape index (κ3) is 50.1. The number of hydrogen-bond acceptors (Lipinski definition) is 8. The van der Waals surface area contributed by atoms with Crippen molar-refractivity contribution < 1.29 is 39.8 Å². The summed E-state index contributed by atoms with van der Waals surface area (Å²) in [6.45, 7) is 3.77. The molecule has 9 heteroatoms. The van der Waals surface area contributed by atoms with Gasteiger partial charge in [0.15, 0.2) is 6.29 Å². The van der Waals surface area contributed by atoms with Gasteiger partial charge in [0.1, 0.15) is 24.4 Å².